The molecule has 2 rings (SSSR count). The molecule has 15 heavy (non-hydrogen) atoms. The maximum atomic E-state index is 10.0. The minimum atomic E-state index is -0.620. The molecule has 1 aliphatic carbocycles. The van der Waals surface area contributed by atoms with E-state index in [9.17, 15) is 5.11 Å². The number of ether oxygens (including phenoxy) is 2. The highest BCUT2D eigenvalue weighted by molar-refractivity contribution is 5.64. The van der Waals surface area contributed by atoms with Crippen LogP contribution in [0.3, 0.4) is 0 Å². The fourth-order valence-corrected chi connectivity index (χ4v) is 1.86. The Hall–Kier alpha value is -1.32. The van der Waals surface area contributed by atoms with Gasteiger partial charge in [0.1, 0.15) is 18.0 Å². The highest BCUT2D eigenvalue weighted by atomic mass is 16.5. The van der Waals surface area contributed by atoms with Gasteiger partial charge >= 0.3 is 0 Å². The Morgan fingerprint density at radius 1 is 1.27 bits per heavy atom. The third kappa shape index (κ3) is 1.64. The van der Waals surface area contributed by atoms with Crippen molar-refractivity contribution in [2.45, 2.75) is 12.2 Å². The van der Waals surface area contributed by atoms with Crippen LogP contribution in [-0.2, 0) is 4.74 Å². The Bertz CT molecular complexity index is 384. The highest BCUT2D eigenvalue weighted by Gasteiger charge is 2.25. The summed E-state index contributed by atoms with van der Waals surface area (Å²) in [4.78, 5) is 0. The molecule has 80 valence electrons. The lowest BCUT2D eigenvalue weighted by Gasteiger charge is -2.25. The summed E-state index contributed by atoms with van der Waals surface area (Å²) in [5, 5.41) is 10.0. The predicted octanol–water partition coefficient (Wildman–Crippen LogP) is 1.77. The molecule has 1 aliphatic rings. The number of benzene rings is 1. The number of fused-ring (bicyclic) bond motifs is 1. The van der Waals surface area contributed by atoms with Crippen LogP contribution in [-0.4, -0.2) is 25.4 Å². The SMILES string of the molecule is COc1cccc2c1C=C[C@H](OC)[C@H]2O. The van der Waals surface area contributed by atoms with Gasteiger partial charge in [0.2, 0.25) is 0 Å². The molecule has 2 atom stereocenters. The van der Waals surface area contributed by atoms with Crippen molar-refractivity contribution in [1.29, 1.82) is 0 Å². The van der Waals surface area contributed by atoms with E-state index in [0.29, 0.717) is 0 Å². The van der Waals surface area contributed by atoms with Crippen molar-refractivity contribution in [3.05, 3.63) is 35.4 Å². The average Bonchev–Trinajstić information content (AvgIpc) is 2.29. The van der Waals surface area contributed by atoms with Gasteiger partial charge in [-0.1, -0.05) is 24.3 Å². The second-order valence-electron chi connectivity index (χ2n) is 3.47. The van der Waals surface area contributed by atoms with Crippen molar-refractivity contribution >= 4 is 6.08 Å². The van der Waals surface area contributed by atoms with Crippen molar-refractivity contribution in [2.24, 2.45) is 0 Å². The molecule has 0 heterocycles. The van der Waals surface area contributed by atoms with Gasteiger partial charge < -0.3 is 14.6 Å². The second-order valence-corrected chi connectivity index (χ2v) is 3.47. The zero-order chi connectivity index (χ0) is 10.8. The molecule has 1 aromatic carbocycles. The molecule has 0 aliphatic heterocycles. The summed E-state index contributed by atoms with van der Waals surface area (Å²) in [6.45, 7) is 0. The smallest absolute Gasteiger partial charge is 0.126 e. The first-order valence-electron chi connectivity index (χ1n) is 4.84. The Labute approximate surface area is 88.9 Å². The molecule has 0 aromatic heterocycles. The second kappa shape index (κ2) is 4.04. The molecule has 0 saturated heterocycles. The predicted molar refractivity (Wildman–Crippen MR) is 57.8 cm³/mol. The molecule has 1 N–H and O–H groups in total. The van der Waals surface area contributed by atoms with Gasteiger partial charge in [-0.2, -0.15) is 0 Å². The molecule has 3 heteroatoms. The quantitative estimate of drug-likeness (QED) is 0.801. The summed E-state index contributed by atoms with van der Waals surface area (Å²) in [5.41, 5.74) is 1.78. The minimum Gasteiger partial charge on any atom is -0.496 e. The van der Waals surface area contributed by atoms with Gasteiger partial charge in [-0.05, 0) is 11.6 Å². The van der Waals surface area contributed by atoms with Crippen LogP contribution in [0.1, 0.15) is 17.2 Å². The monoisotopic (exact) mass is 206 g/mol. The zero-order valence-corrected chi connectivity index (χ0v) is 8.81. The van der Waals surface area contributed by atoms with E-state index in [4.69, 9.17) is 9.47 Å². The normalized spacial score (nSPS) is 23.7. The number of aliphatic hydroxyl groups excluding tert-OH is 1. The lowest BCUT2D eigenvalue weighted by Crippen LogP contribution is -2.22. The third-order valence-electron chi connectivity index (χ3n) is 2.67. The van der Waals surface area contributed by atoms with Crippen LogP contribution in [0.4, 0.5) is 0 Å². The van der Waals surface area contributed by atoms with E-state index >= 15 is 0 Å². The number of hydrogen-bond acceptors (Lipinski definition) is 3. The van der Waals surface area contributed by atoms with Gasteiger partial charge in [0.25, 0.3) is 0 Å². The van der Waals surface area contributed by atoms with Crippen LogP contribution in [0, 0.1) is 0 Å². The van der Waals surface area contributed by atoms with Crippen molar-refractivity contribution < 1.29 is 14.6 Å². The van der Waals surface area contributed by atoms with Gasteiger partial charge in [-0.25, -0.2) is 0 Å². The van der Waals surface area contributed by atoms with E-state index in [2.05, 4.69) is 0 Å². The molecule has 0 amide bonds. The van der Waals surface area contributed by atoms with Gasteiger partial charge in [-0.3, -0.25) is 0 Å². The molecule has 0 bridgehead atoms. The van der Waals surface area contributed by atoms with Crippen molar-refractivity contribution in [3.8, 4) is 5.75 Å². The van der Waals surface area contributed by atoms with Crippen LogP contribution >= 0.6 is 0 Å². The fourth-order valence-electron chi connectivity index (χ4n) is 1.86. The molecule has 0 unspecified atom stereocenters. The summed E-state index contributed by atoms with van der Waals surface area (Å²) in [6, 6.07) is 5.63. The van der Waals surface area contributed by atoms with E-state index in [1.807, 2.05) is 30.4 Å². The first-order valence-corrected chi connectivity index (χ1v) is 4.84. The van der Waals surface area contributed by atoms with E-state index in [0.717, 1.165) is 16.9 Å². The van der Waals surface area contributed by atoms with E-state index in [-0.39, 0.29) is 6.10 Å². The maximum Gasteiger partial charge on any atom is 0.126 e. The number of methoxy groups -OCH3 is 2. The van der Waals surface area contributed by atoms with Gasteiger partial charge in [-0.15, -0.1) is 0 Å². The zero-order valence-electron chi connectivity index (χ0n) is 8.81. The number of aliphatic hydroxyl groups is 1. The molecule has 0 spiro atoms. The van der Waals surface area contributed by atoms with Crippen LogP contribution < -0.4 is 4.74 Å². The van der Waals surface area contributed by atoms with E-state index < -0.39 is 6.10 Å². The van der Waals surface area contributed by atoms with Gasteiger partial charge in [0, 0.05) is 12.7 Å². The summed E-state index contributed by atoms with van der Waals surface area (Å²) in [5.74, 6) is 0.775. The first kappa shape index (κ1) is 10.2. The average molecular weight is 206 g/mol. The molecular formula is C12H14O3. The highest BCUT2D eigenvalue weighted by Crippen LogP contribution is 2.34. The van der Waals surface area contributed by atoms with Crippen LogP contribution in [0.25, 0.3) is 6.08 Å². The number of rotatable bonds is 2. The molecule has 1 aromatic rings. The van der Waals surface area contributed by atoms with E-state index in [1.54, 1.807) is 14.2 Å². The van der Waals surface area contributed by atoms with Crippen molar-refractivity contribution in [1.82, 2.24) is 0 Å². The van der Waals surface area contributed by atoms with Gasteiger partial charge in [0.15, 0.2) is 0 Å². The fraction of sp³-hybridized carbons (Fsp3) is 0.333. The van der Waals surface area contributed by atoms with Crippen LogP contribution in [0.2, 0.25) is 0 Å². The lowest BCUT2D eigenvalue weighted by molar-refractivity contribution is 0.0148. The maximum absolute atomic E-state index is 10.0. The molecule has 0 radical (unpaired) electrons. The Kier molecular flexibility index (Phi) is 2.75. The molecule has 0 saturated carbocycles. The lowest BCUT2D eigenvalue weighted by atomic mass is 9.92. The number of hydrogen-bond donors (Lipinski definition) is 1. The van der Waals surface area contributed by atoms with Crippen molar-refractivity contribution in [2.75, 3.05) is 14.2 Å². The van der Waals surface area contributed by atoms with Gasteiger partial charge in [0.05, 0.1) is 7.11 Å². The molecule has 3 nitrogen and oxygen atoms in total. The Morgan fingerprint density at radius 3 is 2.73 bits per heavy atom. The largest absolute Gasteiger partial charge is 0.496 e. The summed E-state index contributed by atoms with van der Waals surface area (Å²) in [6.07, 6.45) is 2.87. The minimum absolute atomic E-state index is 0.274. The van der Waals surface area contributed by atoms with E-state index in [1.165, 1.54) is 0 Å². The first-order chi connectivity index (χ1) is 7.27. The van der Waals surface area contributed by atoms with Crippen LogP contribution in [0.5, 0.6) is 5.75 Å². The Morgan fingerprint density at radius 2 is 2.07 bits per heavy atom. The summed E-state index contributed by atoms with van der Waals surface area (Å²) in [7, 11) is 3.21. The summed E-state index contributed by atoms with van der Waals surface area (Å²) < 4.78 is 10.4. The Balaban J connectivity index is 2.48. The topological polar surface area (TPSA) is 38.7 Å². The molecule has 0 fully saturated rings. The van der Waals surface area contributed by atoms with Crippen LogP contribution in [0.15, 0.2) is 24.3 Å². The third-order valence-corrected chi connectivity index (χ3v) is 2.67. The standard InChI is InChI=1S/C12H14O3/c1-14-10-5-3-4-9-8(10)6-7-11(15-2)12(9)13/h3-7,11-13H,1-2H3/t11-,12-/m0/s1. The summed E-state index contributed by atoms with van der Waals surface area (Å²) >= 11 is 0. The van der Waals surface area contributed by atoms with Crippen molar-refractivity contribution in [3.63, 3.8) is 0 Å². The molecular weight excluding hydrogens is 192 g/mol.